The van der Waals surface area contributed by atoms with Crippen molar-refractivity contribution in [1.29, 1.82) is 0 Å². The summed E-state index contributed by atoms with van der Waals surface area (Å²) in [7, 11) is 1.53. The van der Waals surface area contributed by atoms with E-state index in [0.717, 1.165) is 5.56 Å². The summed E-state index contributed by atoms with van der Waals surface area (Å²) in [5.74, 6) is -5.69. The number of carbonyl (C=O) groups excluding carboxylic acids is 8. The van der Waals surface area contributed by atoms with Crippen molar-refractivity contribution in [2.75, 3.05) is 26.7 Å². The fourth-order valence-corrected chi connectivity index (χ4v) is 7.18. The topological polar surface area (TPSA) is 411 Å². The molecule has 398 valence electrons. The van der Waals surface area contributed by atoms with Gasteiger partial charge in [0.1, 0.15) is 42.0 Å². The van der Waals surface area contributed by atoms with Crippen LogP contribution in [0.2, 0.25) is 0 Å². The molecule has 0 spiro atoms. The largest absolute Gasteiger partial charge is 0.497 e. The van der Waals surface area contributed by atoms with Gasteiger partial charge in [-0.1, -0.05) is 70.2 Å². The van der Waals surface area contributed by atoms with Crippen LogP contribution in [0.1, 0.15) is 84.3 Å². The van der Waals surface area contributed by atoms with Gasteiger partial charge in [-0.05, 0) is 87.0 Å². The van der Waals surface area contributed by atoms with Crippen molar-refractivity contribution in [2.24, 2.45) is 56.2 Å². The predicted octanol–water partition coefficient (Wildman–Crippen LogP) is -2.46. The van der Waals surface area contributed by atoms with E-state index >= 15 is 0 Å². The molecule has 0 saturated heterocycles. The third-order valence-electron chi connectivity index (χ3n) is 10.9. The first-order valence-corrected chi connectivity index (χ1v) is 23.9. The molecule has 0 aliphatic carbocycles. The molecule has 2 rings (SSSR count). The maximum atomic E-state index is 14.3. The van der Waals surface area contributed by atoms with Crippen LogP contribution in [0, 0.1) is 11.8 Å². The van der Waals surface area contributed by atoms with Gasteiger partial charge in [-0.25, -0.2) is 0 Å². The third kappa shape index (κ3) is 23.9. The van der Waals surface area contributed by atoms with E-state index in [2.05, 4.69) is 47.2 Å². The quantitative estimate of drug-likeness (QED) is 0.0206. The van der Waals surface area contributed by atoms with Crippen molar-refractivity contribution in [3.8, 4) is 5.75 Å². The van der Waals surface area contributed by atoms with Crippen molar-refractivity contribution in [3.05, 3.63) is 65.7 Å². The number of methoxy groups -OCH3 is 1. The van der Waals surface area contributed by atoms with Gasteiger partial charge in [-0.3, -0.25) is 48.3 Å². The van der Waals surface area contributed by atoms with E-state index in [0.29, 0.717) is 11.3 Å². The van der Waals surface area contributed by atoms with E-state index < -0.39 is 96.1 Å². The molecule has 0 bridgehead atoms. The fourth-order valence-electron chi connectivity index (χ4n) is 7.18. The molecule has 8 amide bonds. The Bertz CT molecular complexity index is 2150. The van der Waals surface area contributed by atoms with Crippen LogP contribution in [-0.2, 0) is 51.2 Å². The first kappa shape index (κ1) is 60.6. The monoisotopic (exact) mass is 1010 g/mol. The number of ether oxygens (including phenoxy) is 1. The van der Waals surface area contributed by atoms with E-state index in [1.807, 2.05) is 27.7 Å². The van der Waals surface area contributed by atoms with Gasteiger partial charge in [0.05, 0.1) is 19.7 Å². The molecule has 0 radical (unpaired) electrons. The maximum Gasteiger partial charge on any atom is 0.243 e. The summed E-state index contributed by atoms with van der Waals surface area (Å²) in [6, 6.07) is 7.54. The number of carbonyl (C=O) groups is 8. The van der Waals surface area contributed by atoms with Crippen molar-refractivity contribution >= 4 is 59.2 Å². The number of hydrogen-bond donors (Lipinski definition) is 13. The summed E-state index contributed by atoms with van der Waals surface area (Å²) in [6.45, 7) is 8.45. The highest BCUT2D eigenvalue weighted by Crippen LogP contribution is 2.14. The van der Waals surface area contributed by atoms with Gasteiger partial charge < -0.3 is 76.4 Å². The minimum Gasteiger partial charge on any atom is -0.497 e. The van der Waals surface area contributed by atoms with Crippen LogP contribution < -0.4 is 76.4 Å². The molecule has 0 fully saturated rings. The standard InChI is InChI=1S/C48H77N15O9/c1-27(2)22-36(40(50)65)61-44(69)35(15-11-21-56-48(53)54)59-43(68)34(14-10-20-55-47(51)52)60-45(70)37(23-28(3)4)63-46(71)38(25-30-12-8-7-9-13-30)62-41(66)29(5)58-39(64)26-57-42(67)33(49)24-31-16-18-32(72-6)19-17-31/h7-9,12-13,16-19,27-29,33-38H,10-11,14-15,20-26,49H2,1-6H3,(H2,50,65)(H,57,67)(H,58,64)(H,59,68)(H,60,70)(H,61,69)(H,62,66)(H,63,71)(H4,51,52,55)(H4,53,54,56)/t29-,33+,34+,35+,36-,37+,38+/m1/s1. The van der Waals surface area contributed by atoms with E-state index in [4.69, 9.17) is 39.1 Å². The molecule has 0 aromatic heterocycles. The molecule has 19 N–H and O–H groups in total. The van der Waals surface area contributed by atoms with Crippen LogP contribution in [0.4, 0.5) is 0 Å². The molecule has 2 aromatic carbocycles. The Morgan fingerprint density at radius 3 is 1.46 bits per heavy atom. The lowest BCUT2D eigenvalue weighted by molar-refractivity contribution is -0.135. The minimum absolute atomic E-state index is 0.0155. The van der Waals surface area contributed by atoms with Gasteiger partial charge in [0, 0.05) is 19.5 Å². The number of aliphatic imine (C=N–C) groups is 2. The van der Waals surface area contributed by atoms with E-state index in [-0.39, 0.29) is 88.2 Å². The van der Waals surface area contributed by atoms with Crippen molar-refractivity contribution in [1.82, 2.24) is 37.2 Å². The number of nitrogens with one attached hydrogen (secondary N) is 7. The number of benzene rings is 2. The summed E-state index contributed by atoms with van der Waals surface area (Å²) < 4.78 is 5.15. The summed E-state index contributed by atoms with van der Waals surface area (Å²) >= 11 is 0. The lowest BCUT2D eigenvalue weighted by atomic mass is 10.00. The van der Waals surface area contributed by atoms with Gasteiger partial charge >= 0.3 is 0 Å². The average Bonchev–Trinajstić information content (AvgIpc) is 3.31. The van der Waals surface area contributed by atoms with E-state index in [9.17, 15) is 38.4 Å². The third-order valence-corrected chi connectivity index (χ3v) is 10.9. The number of rotatable bonds is 32. The van der Waals surface area contributed by atoms with Crippen LogP contribution in [0.5, 0.6) is 5.75 Å². The predicted molar refractivity (Wildman–Crippen MR) is 273 cm³/mol. The molecule has 0 unspecified atom stereocenters. The fraction of sp³-hybridized carbons (Fsp3) is 0.542. The van der Waals surface area contributed by atoms with Gasteiger partial charge in [0.15, 0.2) is 11.9 Å². The van der Waals surface area contributed by atoms with Gasteiger partial charge in [0.25, 0.3) is 0 Å². The number of amides is 8. The molecule has 0 heterocycles. The highest BCUT2D eigenvalue weighted by Gasteiger charge is 2.33. The zero-order chi connectivity index (χ0) is 53.9. The zero-order valence-electron chi connectivity index (χ0n) is 42.2. The van der Waals surface area contributed by atoms with Crippen LogP contribution in [0.15, 0.2) is 64.6 Å². The molecular weight excluding hydrogens is 931 g/mol. The number of nitrogens with two attached hydrogens (primary N) is 6. The van der Waals surface area contributed by atoms with Crippen LogP contribution >= 0.6 is 0 Å². The maximum absolute atomic E-state index is 14.3. The number of hydrogen-bond acceptors (Lipinski definition) is 12. The smallest absolute Gasteiger partial charge is 0.243 e. The molecule has 0 aliphatic rings. The molecule has 0 saturated carbocycles. The van der Waals surface area contributed by atoms with Gasteiger partial charge in [-0.15, -0.1) is 0 Å². The first-order valence-electron chi connectivity index (χ1n) is 23.9. The molecule has 24 nitrogen and oxygen atoms in total. The number of primary amides is 1. The van der Waals surface area contributed by atoms with Crippen LogP contribution in [0.25, 0.3) is 0 Å². The minimum atomic E-state index is -1.30. The molecule has 7 atom stereocenters. The van der Waals surface area contributed by atoms with Crippen molar-refractivity contribution < 1.29 is 43.1 Å². The Hall–Kier alpha value is -7.50. The first-order chi connectivity index (χ1) is 34.0. The molecule has 2 aromatic rings. The molecule has 24 heteroatoms. The Morgan fingerprint density at radius 2 is 0.972 bits per heavy atom. The van der Waals surface area contributed by atoms with Crippen LogP contribution in [-0.4, -0.2) is 128 Å². The lowest BCUT2D eigenvalue weighted by Gasteiger charge is -2.28. The number of guanidine groups is 2. The summed E-state index contributed by atoms with van der Waals surface area (Å²) in [6.07, 6.45) is 0.934. The summed E-state index contributed by atoms with van der Waals surface area (Å²) in [5.41, 5.74) is 35.1. The SMILES string of the molecule is COc1ccc(C[C@H](N)C(=O)NCC(=O)N[C@H](C)C(=O)N[C@@H](Cc2ccccc2)C(=O)N[C@@H](CC(C)C)C(=O)N[C@@H](CCCN=C(N)N)C(=O)N[C@@H](CCCN=C(N)N)C(=O)N[C@H](CC(C)C)C(N)=O)cc1. The lowest BCUT2D eigenvalue weighted by Crippen LogP contribution is -2.60. The molecule has 0 aliphatic heterocycles. The Kier molecular flexibility index (Phi) is 26.7. The second-order valence-electron chi connectivity index (χ2n) is 18.2. The van der Waals surface area contributed by atoms with Crippen LogP contribution in [0.3, 0.4) is 0 Å². The van der Waals surface area contributed by atoms with Gasteiger partial charge in [-0.2, -0.15) is 0 Å². The second-order valence-corrected chi connectivity index (χ2v) is 18.2. The summed E-state index contributed by atoms with van der Waals surface area (Å²) in [4.78, 5) is 116. The Balaban J connectivity index is 2.32. The number of nitrogens with zero attached hydrogens (tertiary/aromatic N) is 2. The Labute approximate surface area is 421 Å². The second kappa shape index (κ2) is 31.7. The molecular formula is C48H77N15O9. The highest BCUT2D eigenvalue weighted by molar-refractivity contribution is 5.97. The normalized spacial score (nSPS) is 13.8. The molecule has 72 heavy (non-hydrogen) atoms. The van der Waals surface area contributed by atoms with Crippen molar-refractivity contribution in [2.45, 2.75) is 128 Å². The average molecular weight is 1010 g/mol. The van der Waals surface area contributed by atoms with E-state index in [1.54, 1.807) is 54.6 Å². The Morgan fingerprint density at radius 1 is 0.528 bits per heavy atom. The summed E-state index contributed by atoms with van der Waals surface area (Å²) in [5, 5.41) is 18.5. The van der Waals surface area contributed by atoms with E-state index in [1.165, 1.54) is 14.0 Å². The highest BCUT2D eigenvalue weighted by atomic mass is 16.5. The zero-order valence-corrected chi connectivity index (χ0v) is 42.2. The van der Waals surface area contributed by atoms with Crippen molar-refractivity contribution in [3.63, 3.8) is 0 Å². The van der Waals surface area contributed by atoms with Gasteiger partial charge in [0.2, 0.25) is 47.3 Å².